The molecule has 1 heterocycles. The van der Waals surface area contributed by atoms with Crippen molar-refractivity contribution in [2.45, 2.75) is 38.8 Å². The van der Waals surface area contributed by atoms with E-state index >= 15 is 0 Å². The number of aryl methyl sites for hydroxylation is 2. The number of nitrogens with zero attached hydrogens (tertiary/aromatic N) is 2. The number of methoxy groups -OCH3 is 1. The van der Waals surface area contributed by atoms with Gasteiger partial charge in [0.25, 0.3) is 5.91 Å². The Bertz CT molecular complexity index is 956. The molecule has 31 heavy (non-hydrogen) atoms. The molecule has 0 aliphatic carbocycles. The molecule has 1 aliphatic rings. The van der Waals surface area contributed by atoms with Crippen LogP contribution in [-0.2, 0) is 22.6 Å². The third-order valence-electron chi connectivity index (χ3n) is 5.68. The first-order valence-corrected chi connectivity index (χ1v) is 10.3. The van der Waals surface area contributed by atoms with Crippen LogP contribution < -0.4 is 10.1 Å². The van der Waals surface area contributed by atoms with Gasteiger partial charge in [-0.15, -0.1) is 0 Å². The molecule has 1 fully saturated rings. The van der Waals surface area contributed by atoms with Crippen molar-refractivity contribution in [3.8, 4) is 5.75 Å². The van der Waals surface area contributed by atoms with Gasteiger partial charge in [-0.25, -0.2) is 4.79 Å². The molecule has 2 aromatic rings. The van der Waals surface area contributed by atoms with Gasteiger partial charge in [-0.05, 0) is 49.9 Å². The Balaban J connectivity index is 1.59. The fourth-order valence-electron chi connectivity index (χ4n) is 3.56. The van der Waals surface area contributed by atoms with Gasteiger partial charge in [-0.1, -0.05) is 42.0 Å². The second-order valence-corrected chi connectivity index (χ2v) is 8.24. The van der Waals surface area contributed by atoms with E-state index in [1.54, 1.807) is 21.1 Å². The number of imide groups is 1. The minimum Gasteiger partial charge on any atom is -0.497 e. The van der Waals surface area contributed by atoms with Gasteiger partial charge in [0, 0.05) is 13.6 Å². The van der Waals surface area contributed by atoms with Crippen molar-refractivity contribution in [2.24, 2.45) is 0 Å². The first-order chi connectivity index (χ1) is 14.7. The molecule has 0 unspecified atom stereocenters. The molecule has 0 spiro atoms. The zero-order valence-corrected chi connectivity index (χ0v) is 18.5. The van der Waals surface area contributed by atoms with E-state index in [0.717, 1.165) is 27.3 Å². The zero-order valence-electron chi connectivity index (χ0n) is 18.5. The minimum absolute atomic E-state index is 0.273. The largest absolute Gasteiger partial charge is 0.497 e. The molecular formula is C24H29N3O4. The van der Waals surface area contributed by atoms with Crippen molar-refractivity contribution < 1.29 is 19.1 Å². The maximum absolute atomic E-state index is 13.0. The predicted molar refractivity (Wildman–Crippen MR) is 118 cm³/mol. The molecule has 1 aliphatic heterocycles. The summed E-state index contributed by atoms with van der Waals surface area (Å²) in [5, 5.41) is 2.77. The lowest BCUT2D eigenvalue weighted by atomic mass is 9.93. The van der Waals surface area contributed by atoms with Crippen molar-refractivity contribution in [1.82, 2.24) is 15.1 Å². The molecule has 7 nitrogen and oxygen atoms in total. The van der Waals surface area contributed by atoms with Gasteiger partial charge in [-0.2, -0.15) is 0 Å². The van der Waals surface area contributed by atoms with Crippen molar-refractivity contribution in [3.05, 3.63) is 65.2 Å². The van der Waals surface area contributed by atoms with Gasteiger partial charge in [0.05, 0.1) is 7.11 Å². The third kappa shape index (κ3) is 5.23. The molecule has 164 valence electrons. The topological polar surface area (TPSA) is 79.0 Å². The average molecular weight is 424 g/mol. The molecule has 0 aromatic heterocycles. The summed E-state index contributed by atoms with van der Waals surface area (Å²) in [6.45, 7) is 3.85. The number of nitrogens with one attached hydrogen (secondary N) is 1. The molecule has 1 N–H and O–H groups in total. The van der Waals surface area contributed by atoms with Crippen LogP contribution in [0.5, 0.6) is 5.75 Å². The Morgan fingerprint density at radius 2 is 1.68 bits per heavy atom. The molecule has 0 saturated carbocycles. The summed E-state index contributed by atoms with van der Waals surface area (Å²) in [5.74, 6) is 0.103. The smallest absolute Gasteiger partial charge is 0.325 e. The summed E-state index contributed by atoms with van der Waals surface area (Å²) in [6.07, 6.45) is 1.05. The molecule has 1 atom stereocenters. The highest BCUT2D eigenvalue weighted by Crippen LogP contribution is 2.24. The van der Waals surface area contributed by atoms with Crippen molar-refractivity contribution in [2.75, 3.05) is 20.7 Å². The summed E-state index contributed by atoms with van der Waals surface area (Å²) in [4.78, 5) is 40.6. The molecule has 4 amide bonds. The van der Waals surface area contributed by atoms with E-state index in [-0.39, 0.29) is 18.4 Å². The summed E-state index contributed by atoms with van der Waals surface area (Å²) < 4.78 is 5.16. The fraction of sp³-hybridized carbons (Fsp3) is 0.375. The van der Waals surface area contributed by atoms with Crippen LogP contribution in [0.3, 0.4) is 0 Å². The molecule has 1 saturated heterocycles. The number of amides is 4. The maximum Gasteiger partial charge on any atom is 0.325 e. The van der Waals surface area contributed by atoms with Gasteiger partial charge in [0.1, 0.15) is 17.8 Å². The van der Waals surface area contributed by atoms with Gasteiger partial charge in [0.15, 0.2) is 0 Å². The van der Waals surface area contributed by atoms with E-state index in [1.807, 2.05) is 55.5 Å². The highest BCUT2D eigenvalue weighted by atomic mass is 16.5. The molecule has 2 aromatic carbocycles. The van der Waals surface area contributed by atoms with Crippen LogP contribution in [-0.4, -0.2) is 53.9 Å². The monoisotopic (exact) mass is 423 g/mol. The maximum atomic E-state index is 13.0. The average Bonchev–Trinajstić information content (AvgIpc) is 2.97. The van der Waals surface area contributed by atoms with Crippen LogP contribution in [0.1, 0.15) is 30.0 Å². The van der Waals surface area contributed by atoms with Crippen molar-refractivity contribution >= 4 is 17.8 Å². The Hall–Kier alpha value is -3.35. The molecule has 3 rings (SSSR count). The fourth-order valence-corrected chi connectivity index (χ4v) is 3.56. The summed E-state index contributed by atoms with van der Waals surface area (Å²) in [6, 6.07) is 15.0. The highest BCUT2D eigenvalue weighted by molar-refractivity contribution is 6.08. The zero-order chi connectivity index (χ0) is 22.6. The second-order valence-electron chi connectivity index (χ2n) is 8.24. The normalized spacial score (nSPS) is 18.1. The Labute approximate surface area is 183 Å². The number of benzene rings is 2. The van der Waals surface area contributed by atoms with Gasteiger partial charge in [0.2, 0.25) is 5.91 Å². The van der Waals surface area contributed by atoms with E-state index in [2.05, 4.69) is 5.32 Å². The molecule has 0 bridgehead atoms. The minimum atomic E-state index is -1.03. The Morgan fingerprint density at radius 3 is 2.29 bits per heavy atom. The van der Waals surface area contributed by atoms with Crippen LogP contribution in [0.2, 0.25) is 0 Å². The van der Waals surface area contributed by atoms with Crippen LogP contribution in [0.25, 0.3) is 0 Å². The van der Waals surface area contributed by atoms with Crippen LogP contribution >= 0.6 is 0 Å². The number of likely N-dealkylation sites (N-methyl/N-ethyl adjacent to an activating group) is 1. The van der Waals surface area contributed by atoms with E-state index in [1.165, 1.54) is 4.90 Å². The lowest BCUT2D eigenvalue weighted by Gasteiger charge is -2.23. The van der Waals surface area contributed by atoms with Crippen LogP contribution in [0, 0.1) is 6.92 Å². The summed E-state index contributed by atoms with van der Waals surface area (Å²) >= 11 is 0. The van der Waals surface area contributed by atoms with Gasteiger partial charge >= 0.3 is 6.03 Å². The SMILES string of the molecule is COc1ccc(CC[C@]2(C)NC(=O)N(CC(=O)N(C)Cc3ccc(C)cc3)C2=O)cc1. The number of rotatable bonds is 8. The predicted octanol–water partition coefficient (Wildman–Crippen LogP) is 2.91. The summed E-state index contributed by atoms with van der Waals surface area (Å²) in [5.41, 5.74) is 2.14. The van der Waals surface area contributed by atoms with Gasteiger partial charge < -0.3 is 15.0 Å². The number of carbonyl (C=O) groups is 3. The molecule has 7 heteroatoms. The number of hydrogen-bond acceptors (Lipinski definition) is 4. The molecule has 0 radical (unpaired) electrons. The first kappa shape index (κ1) is 22.3. The van der Waals surface area contributed by atoms with Crippen LogP contribution in [0.4, 0.5) is 4.79 Å². The number of hydrogen-bond donors (Lipinski definition) is 1. The lowest BCUT2D eigenvalue weighted by molar-refractivity contribution is -0.138. The third-order valence-corrected chi connectivity index (χ3v) is 5.68. The van der Waals surface area contributed by atoms with Crippen molar-refractivity contribution in [1.29, 1.82) is 0 Å². The van der Waals surface area contributed by atoms with Crippen LogP contribution in [0.15, 0.2) is 48.5 Å². The highest BCUT2D eigenvalue weighted by Gasteiger charge is 2.48. The van der Waals surface area contributed by atoms with Crippen molar-refractivity contribution in [3.63, 3.8) is 0 Å². The Kier molecular flexibility index (Phi) is 6.63. The van der Waals surface area contributed by atoms with E-state index in [9.17, 15) is 14.4 Å². The number of ether oxygens (including phenoxy) is 1. The van der Waals surface area contributed by atoms with Gasteiger partial charge in [-0.3, -0.25) is 14.5 Å². The lowest BCUT2D eigenvalue weighted by Crippen LogP contribution is -2.45. The number of urea groups is 1. The standard InChI is InChI=1S/C24H29N3O4/c1-17-5-7-19(8-6-17)15-26(3)21(28)16-27-22(29)24(2,25-23(27)30)14-13-18-9-11-20(31-4)12-10-18/h5-12H,13-16H2,1-4H3,(H,25,30)/t24-/m0/s1. The van der Waals surface area contributed by atoms with E-state index in [4.69, 9.17) is 4.74 Å². The Morgan fingerprint density at radius 1 is 1.06 bits per heavy atom. The quantitative estimate of drug-likeness (QED) is 0.662. The molecular weight excluding hydrogens is 394 g/mol. The van der Waals surface area contributed by atoms with E-state index < -0.39 is 11.6 Å². The second kappa shape index (κ2) is 9.20. The number of carbonyl (C=O) groups excluding carboxylic acids is 3. The summed E-state index contributed by atoms with van der Waals surface area (Å²) in [7, 11) is 3.28. The first-order valence-electron chi connectivity index (χ1n) is 10.3. The van der Waals surface area contributed by atoms with E-state index in [0.29, 0.717) is 19.4 Å².